The number of benzene rings is 1. The largest absolute Gasteiger partial charge is 0.494 e. The number of rotatable bonds is 5. The standard InChI is InChI=1S/C23H23ClN6O2/c1-31-20-13-16(29-8-4-11-32-12-10-29)6-7-18(20)27-23-26-14-17(24)22(28-23)19-15-25-21-5-2-3-9-30(19)21/h2-3,5-7,9,13-15H,4,8,10-12H2,1H3,(H,26,27,28). The lowest BCUT2D eigenvalue weighted by Gasteiger charge is -2.23. The fourth-order valence-corrected chi connectivity index (χ4v) is 4.01. The highest BCUT2D eigenvalue weighted by Crippen LogP contribution is 2.33. The number of imidazole rings is 1. The summed E-state index contributed by atoms with van der Waals surface area (Å²) in [4.78, 5) is 15.8. The van der Waals surface area contributed by atoms with Gasteiger partial charge in [-0.3, -0.25) is 4.40 Å². The van der Waals surface area contributed by atoms with Gasteiger partial charge in [0.05, 0.1) is 42.5 Å². The van der Waals surface area contributed by atoms with Gasteiger partial charge in [-0.1, -0.05) is 17.7 Å². The molecule has 0 amide bonds. The Bertz CT molecular complexity index is 1240. The molecule has 1 aliphatic heterocycles. The van der Waals surface area contributed by atoms with Gasteiger partial charge in [0.25, 0.3) is 0 Å². The zero-order valence-corrected chi connectivity index (χ0v) is 18.4. The third-order valence-corrected chi connectivity index (χ3v) is 5.70. The first-order valence-corrected chi connectivity index (χ1v) is 10.8. The summed E-state index contributed by atoms with van der Waals surface area (Å²) in [5.74, 6) is 1.13. The second-order valence-corrected chi connectivity index (χ2v) is 7.83. The molecule has 0 bridgehead atoms. The molecule has 5 rings (SSSR count). The summed E-state index contributed by atoms with van der Waals surface area (Å²) in [6, 6.07) is 11.9. The van der Waals surface area contributed by atoms with Crippen LogP contribution in [0.5, 0.6) is 5.75 Å². The minimum absolute atomic E-state index is 0.421. The maximum atomic E-state index is 6.44. The van der Waals surface area contributed by atoms with Crippen molar-refractivity contribution < 1.29 is 9.47 Å². The molecule has 0 radical (unpaired) electrons. The van der Waals surface area contributed by atoms with E-state index in [1.807, 2.05) is 40.9 Å². The number of halogens is 1. The molecule has 9 heteroatoms. The molecule has 4 heterocycles. The van der Waals surface area contributed by atoms with Gasteiger partial charge >= 0.3 is 0 Å². The van der Waals surface area contributed by atoms with Crippen molar-refractivity contribution in [3.63, 3.8) is 0 Å². The number of ether oxygens (including phenoxy) is 2. The third-order valence-electron chi connectivity index (χ3n) is 5.42. The fraction of sp³-hybridized carbons (Fsp3) is 0.261. The molecular formula is C23H23ClN6O2. The van der Waals surface area contributed by atoms with Crippen LogP contribution in [-0.4, -0.2) is 52.8 Å². The van der Waals surface area contributed by atoms with Crippen molar-refractivity contribution in [2.45, 2.75) is 6.42 Å². The van der Waals surface area contributed by atoms with Crippen LogP contribution < -0.4 is 15.0 Å². The van der Waals surface area contributed by atoms with Crippen LogP contribution in [0.4, 0.5) is 17.3 Å². The van der Waals surface area contributed by atoms with Crippen molar-refractivity contribution in [2.24, 2.45) is 0 Å². The molecule has 1 N–H and O–H groups in total. The predicted molar refractivity (Wildman–Crippen MR) is 125 cm³/mol. The summed E-state index contributed by atoms with van der Waals surface area (Å²) >= 11 is 6.44. The molecule has 32 heavy (non-hydrogen) atoms. The Balaban J connectivity index is 1.44. The normalized spacial score (nSPS) is 14.4. The number of nitrogens with one attached hydrogen (secondary N) is 1. The summed E-state index contributed by atoms with van der Waals surface area (Å²) in [5.41, 5.74) is 4.09. The van der Waals surface area contributed by atoms with Crippen LogP contribution in [0.2, 0.25) is 5.02 Å². The van der Waals surface area contributed by atoms with E-state index in [-0.39, 0.29) is 0 Å². The number of hydrogen-bond acceptors (Lipinski definition) is 7. The molecule has 1 saturated heterocycles. The summed E-state index contributed by atoms with van der Waals surface area (Å²) in [6.45, 7) is 3.35. The van der Waals surface area contributed by atoms with Crippen molar-refractivity contribution in [3.05, 3.63) is 60.0 Å². The first-order valence-electron chi connectivity index (χ1n) is 10.5. The van der Waals surface area contributed by atoms with E-state index in [4.69, 9.17) is 21.1 Å². The van der Waals surface area contributed by atoms with E-state index in [1.54, 1.807) is 19.5 Å². The van der Waals surface area contributed by atoms with Crippen molar-refractivity contribution in [1.82, 2.24) is 19.4 Å². The number of pyridine rings is 1. The Morgan fingerprint density at radius 3 is 2.94 bits per heavy atom. The first kappa shape index (κ1) is 20.5. The van der Waals surface area contributed by atoms with Crippen LogP contribution in [0, 0.1) is 0 Å². The molecule has 3 aromatic heterocycles. The van der Waals surface area contributed by atoms with Crippen LogP contribution >= 0.6 is 11.6 Å². The number of fused-ring (bicyclic) bond motifs is 1. The molecule has 0 aliphatic carbocycles. The lowest BCUT2D eigenvalue weighted by atomic mass is 10.2. The molecule has 1 aromatic carbocycles. The Kier molecular flexibility index (Phi) is 5.79. The zero-order valence-electron chi connectivity index (χ0n) is 17.7. The number of methoxy groups -OCH3 is 1. The molecule has 0 spiro atoms. The summed E-state index contributed by atoms with van der Waals surface area (Å²) in [7, 11) is 1.66. The van der Waals surface area contributed by atoms with E-state index in [2.05, 4.69) is 31.2 Å². The number of hydrogen-bond donors (Lipinski definition) is 1. The number of nitrogens with zero attached hydrogens (tertiary/aromatic N) is 5. The van der Waals surface area contributed by atoms with Gasteiger partial charge in [0, 0.05) is 37.6 Å². The lowest BCUT2D eigenvalue weighted by Crippen LogP contribution is -2.25. The second-order valence-electron chi connectivity index (χ2n) is 7.42. The molecule has 0 saturated carbocycles. The van der Waals surface area contributed by atoms with Crippen molar-refractivity contribution in [3.8, 4) is 17.1 Å². The van der Waals surface area contributed by atoms with Gasteiger partial charge in [0.1, 0.15) is 17.1 Å². The van der Waals surface area contributed by atoms with E-state index in [1.165, 1.54) is 0 Å². The average Bonchev–Trinajstić information content (AvgIpc) is 3.06. The molecular weight excluding hydrogens is 428 g/mol. The van der Waals surface area contributed by atoms with Gasteiger partial charge in [0.15, 0.2) is 0 Å². The van der Waals surface area contributed by atoms with E-state index >= 15 is 0 Å². The van der Waals surface area contributed by atoms with Gasteiger partial charge in [-0.2, -0.15) is 0 Å². The Labute approximate surface area is 190 Å². The highest BCUT2D eigenvalue weighted by Gasteiger charge is 2.16. The zero-order chi connectivity index (χ0) is 21.9. The number of anilines is 3. The predicted octanol–water partition coefficient (Wildman–Crippen LogP) is 4.42. The van der Waals surface area contributed by atoms with Crippen LogP contribution in [0.25, 0.3) is 17.0 Å². The van der Waals surface area contributed by atoms with E-state index in [9.17, 15) is 0 Å². The first-order chi connectivity index (χ1) is 15.7. The summed E-state index contributed by atoms with van der Waals surface area (Å²) < 4.78 is 13.2. The minimum atomic E-state index is 0.421. The van der Waals surface area contributed by atoms with Crippen molar-refractivity contribution in [1.29, 1.82) is 0 Å². The van der Waals surface area contributed by atoms with Crippen LogP contribution in [0.15, 0.2) is 55.0 Å². The van der Waals surface area contributed by atoms with E-state index in [0.29, 0.717) is 22.4 Å². The van der Waals surface area contributed by atoms with Gasteiger partial charge in [-0.05, 0) is 30.7 Å². The lowest BCUT2D eigenvalue weighted by molar-refractivity contribution is 0.152. The SMILES string of the molecule is COc1cc(N2CCCOCC2)ccc1Nc1ncc(Cl)c(-c2cnc3ccccn23)n1. The second kappa shape index (κ2) is 9.02. The molecule has 0 atom stereocenters. The maximum absolute atomic E-state index is 6.44. The van der Waals surface area contributed by atoms with Crippen LogP contribution in [0.1, 0.15) is 6.42 Å². The van der Waals surface area contributed by atoms with Gasteiger partial charge < -0.3 is 19.7 Å². The van der Waals surface area contributed by atoms with E-state index < -0.39 is 0 Å². The minimum Gasteiger partial charge on any atom is -0.494 e. The van der Waals surface area contributed by atoms with Crippen LogP contribution in [0.3, 0.4) is 0 Å². The fourth-order valence-electron chi connectivity index (χ4n) is 3.82. The van der Waals surface area contributed by atoms with Crippen molar-refractivity contribution >= 4 is 34.6 Å². The summed E-state index contributed by atoms with van der Waals surface area (Å²) in [6.07, 6.45) is 6.28. The van der Waals surface area contributed by atoms with Crippen LogP contribution in [-0.2, 0) is 4.74 Å². The quantitative estimate of drug-likeness (QED) is 0.482. The highest BCUT2D eigenvalue weighted by atomic mass is 35.5. The Morgan fingerprint density at radius 1 is 1.09 bits per heavy atom. The molecule has 1 aliphatic rings. The molecule has 4 aromatic rings. The highest BCUT2D eigenvalue weighted by molar-refractivity contribution is 6.32. The average molecular weight is 451 g/mol. The van der Waals surface area contributed by atoms with Gasteiger partial charge in [0.2, 0.25) is 5.95 Å². The number of aromatic nitrogens is 4. The Morgan fingerprint density at radius 2 is 2.03 bits per heavy atom. The van der Waals surface area contributed by atoms with Gasteiger partial charge in [-0.15, -0.1) is 0 Å². The molecule has 0 unspecified atom stereocenters. The monoisotopic (exact) mass is 450 g/mol. The van der Waals surface area contributed by atoms with E-state index in [0.717, 1.165) is 55.4 Å². The maximum Gasteiger partial charge on any atom is 0.227 e. The Hall–Kier alpha value is -3.36. The van der Waals surface area contributed by atoms with Crippen molar-refractivity contribution in [2.75, 3.05) is 43.6 Å². The molecule has 8 nitrogen and oxygen atoms in total. The third kappa shape index (κ3) is 4.06. The topological polar surface area (TPSA) is 76.8 Å². The van der Waals surface area contributed by atoms with Gasteiger partial charge in [-0.25, -0.2) is 15.0 Å². The smallest absolute Gasteiger partial charge is 0.227 e. The molecule has 164 valence electrons. The molecule has 1 fully saturated rings. The summed E-state index contributed by atoms with van der Waals surface area (Å²) in [5, 5.41) is 3.72.